The summed E-state index contributed by atoms with van der Waals surface area (Å²) in [6.45, 7) is 1.64. The van der Waals surface area contributed by atoms with Gasteiger partial charge in [-0.05, 0) is 25.1 Å². The number of halogens is 3. The summed E-state index contributed by atoms with van der Waals surface area (Å²) in [4.78, 5) is 20.1. The van der Waals surface area contributed by atoms with Crippen molar-refractivity contribution in [2.45, 2.75) is 13.1 Å². The second kappa shape index (κ2) is 5.34. The zero-order valence-corrected chi connectivity index (χ0v) is 11.8. The molecule has 0 bridgehead atoms. The van der Waals surface area contributed by atoms with Gasteiger partial charge in [0.2, 0.25) is 0 Å². The third-order valence-corrected chi connectivity index (χ3v) is 3.24. The van der Waals surface area contributed by atoms with Gasteiger partial charge in [-0.3, -0.25) is 4.79 Å². The first-order valence-electron chi connectivity index (χ1n) is 6.50. The van der Waals surface area contributed by atoms with Crippen molar-refractivity contribution in [2.75, 3.05) is 5.32 Å². The molecule has 9 heteroatoms. The molecule has 1 N–H and O–H groups in total. The van der Waals surface area contributed by atoms with Crippen LogP contribution < -0.4 is 5.32 Å². The standard InChI is InChI=1S/C14H10F3N5O/c1-8-11(6-18-13-19-7-20-22(8)13)12(23)21-10-4-2-3-9(5-10)14(15,16)17/h2-7H,1H3,(H,21,23). The monoisotopic (exact) mass is 321 g/mol. The molecular weight excluding hydrogens is 311 g/mol. The van der Waals surface area contributed by atoms with Crippen molar-refractivity contribution >= 4 is 17.4 Å². The lowest BCUT2D eigenvalue weighted by molar-refractivity contribution is -0.137. The van der Waals surface area contributed by atoms with Crippen LogP contribution in [0.25, 0.3) is 5.78 Å². The molecule has 0 saturated heterocycles. The number of aromatic nitrogens is 4. The van der Waals surface area contributed by atoms with Crippen molar-refractivity contribution in [1.82, 2.24) is 19.6 Å². The van der Waals surface area contributed by atoms with Crippen molar-refractivity contribution in [2.24, 2.45) is 0 Å². The van der Waals surface area contributed by atoms with E-state index in [1.165, 1.54) is 29.2 Å². The van der Waals surface area contributed by atoms with Gasteiger partial charge in [0.1, 0.15) is 6.33 Å². The minimum absolute atomic E-state index is 0.0444. The minimum atomic E-state index is -4.47. The molecule has 23 heavy (non-hydrogen) atoms. The first kappa shape index (κ1) is 14.9. The molecule has 0 saturated carbocycles. The second-order valence-electron chi connectivity index (χ2n) is 4.76. The maximum atomic E-state index is 12.7. The Morgan fingerprint density at radius 3 is 2.78 bits per heavy atom. The van der Waals surface area contributed by atoms with Crippen LogP contribution in [0.2, 0.25) is 0 Å². The van der Waals surface area contributed by atoms with E-state index in [0.29, 0.717) is 11.5 Å². The molecule has 2 aromatic heterocycles. The summed E-state index contributed by atoms with van der Waals surface area (Å²) in [6.07, 6.45) is -1.87. The molecule has 0 unspecified atom stereocenters. The lowest BCUT2D eigenvalue weighted by Crippen LogP contribution is -2.16. The van der Waals surface area contributed by atoms with Crippen LogP contribution in [-0.2, 0) is 6.18 Å². The number of alkyl halides is 3. The molecule has 0 radical (unpaired) electrons. The zero-order valence-electron chi connectivity index (χ0n) is 11.8. The summed E-state index contributed by atoms with van der Waals surface area (Å²) >= 11 is 0. The second-order valence-corrected chi connectivity index (χ2v) is 4.76. The number of aryl methyl sites for hydroxylation is 1. The molecule has 0 fully saturated rings. The lowest BCUT2D eigenvalue weighted by Gasteiger charge is -2.11. The van der Waals surface area contributed by atoms with Crippen molar-refractivity contribution in [3.05, 3.63) is 53.6 Å². The van der Waals surface area contributed by atoms with Crippen LogP contribution in [-0.4, -0.2) is 25.5 Å². The van der Waals surface area contributed by atoms with Crippen LogP contribution in [0.4, 0.5) is 18.9 Å². The highest BCUT2D eigenvalue weighted by molar-refractivity contribution is 6.04. The Balaban J connectivity index is 1.90. The van der Waals surface area contributed by atoms with Crippen LogP contribution >= 0.6 is 0 Å². The fourth-order valence-electron chi connectivity index (χ4n) is 2.08. The van der Waals surface area contributed by atoms with E-state index in [2.05, 4.69) is 20.4 Å². The maximum Gasteiger partial charge on any atom is 0.416 e. The summed E-state index contributed by atoms with van der Waals surface area (Å²) in [5.41, 5.74) is -0.114. The predicted molar refractivity (Wildman–Crippen MR) is 74.9 cm³/mol. The molecular formula is C14H10F3N5O. The van der Waals surface area contributed by atoms with E-state index in [-0.39, 0.29) is 11.3 Å². The molecule has 2 heterocycles. The van der Waals surface area contributed by atoms with Gasteiger partial charge in [-0.15, -0.1) is 0 Å². The summed E-state index contributed by atoms with van der Waals surface area (Å²) in [5, 5.41) is 6.36. The molecule has 0 aliphatic heterocycles. The van der Waals surface area contributed by atoms with E-state index in [4.69, 9.17) is 0 Å². The Labute approximate surface area is 128 Å². The van der Waals surface area contributed by atoms with Gasteiger partial charge in [0.15, 0.2) is 0 Å². The molecule has 0 aliphatic carbocycles. The molecule has 1 amide bonds. The first-order valence-corrected chi connectivity index (χ1v) is 6.50. The highest BCUT2D eigenvalue weighted by Crippen LogP contribution is 2.30. The van der Waals surface area contributed by atoms with E-state index < -0.39 is 17.6 Å². The number of nitrogens with zero attached hydrogens (tertiary/aromatic N) is 4. The molecule has 0 atom stereocenters. The fraction of sp³-hybridized carbons (Fsp3) is 0.143. The third kappa shape index (κ3) is 2.85. The molecule has 6 nitrogen and oxygen atoms in total. The van der Waals surface area contributed by atoms with E-state index in [9.17, 15) is 18.0 Å². The maximum absolute atomic E-state index is 12.7. The smallest absolute Gasteiger partial charge is 0.322 e. The Bertz CT molecular complexity index is 887. The van der Waals surface area contributed by atoms with Crippen LogP contribution in [0.1, 0.15) is 21.6 Å². The highest BCUT2D eigenvalue weighted by Gasteiger charge is 2.30. The van der Waals surface area contributed by atoms with Crippen molar-refractivity contribution in [3.63, 3.8) is 0 Å². The number of amides is 1. The highest BCUT2D eigenvalue weighted by atomic mass is 19.4. The first-order chi connectivity index (χ1) is 10.9. The van der Waals surface area contributed by atoms with E-state index in [1.807, 2.05) is 0 Å². The number of carbonyl (C=O) groups excluding carboxylic acids is 1. The molecule has 3 rings (SSSR count). The third-order valence-electron chi connectivity index (χ3n) is 3.24. The Hall–Kier alpha value is -2.97. The molecule has 118 valence electrons. The lowest BCUT2D eigenvalue weighted by atomic mass is 10.1. The molecule has 0 aliphatic rings. The van der Waals surface area contributed by atoms with Crippen molar-refractivity contribution < 1.29 is 18.0 Å². The van der Waals surface area contributed by atoms with Gasteiger partial charge in [0, 0.05) is 11.9 Å². The Kier molecular flexibility index (Phi) is 3.47. The number of fused-ring (bicyclic) bond motifs is 1. The van der Waals surface area contributed by atoms with E-state index in [1.54, 1.807) is 6.92 Å². The summed E-state index contributed by atoms with van der Waals surface area (Å²) in [7, 11) is 0. The minimum Gasteiger partial charge on any atom is -0.322 e. The average Bonchev–Trinajstić information content (AvgIpc) is 2.96. The number of anilines is 1. The predicted octanol–water partition coefficient (Wildman–Crippen LogP) is 2.70. The number of carbonyl (C=O) groups is 1. The van der Waals surface area contributed by atoms with Gasteiger partial charge in [-0.2, -0.15) is 23.3 Å². The van der Waals surface area contributed by atoms with Crippen molar-refractivity contribution in [1.29, 1.82) is 0 Å². The fourth-order valence-corrected chi connectivity index (χ4v) is 2.08. The van der Waals surface area contributed by atoms with E-state index >= 15 is 0 Å². The number of benzene rings is 1. The molecule has 0 spiro atoms. The van der Waals surface area contributed by atoms with Gasteiger partial charge in [-0.1, -0.05) is 6.07 Å². The number of rotatable bonds is 2. The molecule has 3 aromatic rings. The van der Waals surface area contributed by atoms with Crippen LogP contribution in [0, 0.1) is 6.92 Å². The Morgan fingerprint density at radius 2 is 2.04 bits per heavy atom. The van der Waals surface area contributed by atoms with Gasteiger partial charge >= 0.3 is 6.18 Å². The normalized spacial score (nSPS) is 11.7. The van der Waals surface area contributed by atoms with Crippen LogP contribution in [0.5, 0.6) is 0 Å². The van der Waals surface area contributed by atoms with Gasteiger partial charge < -0.3 is 5.32 Å². The van der Waals surface area contributed by atoms with Gasteiger partial charge in [0.25, 0.3) is 11.7 Å². The van der Waals surface area contributed by atoms with Crippen LogP contribution in [0.3, 0.4) is 0 Å². The number of nitrogens with one attached hydrogen (secondary N) is 1. The van der Waals surface area contributed by atoms with Crippen molar-refractivity contribution in [3.8, 4) is 0 Å². The average molecular weight is 321 g/mol. The summed E-state index contributed by atoms with van der Waals surface area (Å²) in [6, 6.07) is 4.41. The molecule has 1 aromatic carbocycles. The number of hydrogen-bond donors (Lipinski definition) is 1. The largest absolute Gasteiger partial charge is 0.416 e. The van der Waals surface area contributed by atoms with Crippen LogP contribution in [0.15, 0.2) is 36.8 Å². The SMILES string of the molecule is Cc1c(C(=O)Nc2cccc(C(F)(F)F)c2)cnc2ncnn12. The van der Waals surface area contributed by atoms with E-state index in [0.717, 1.165) is 12.1 Å². The van der Waals surface area contributed by atoms with Gasteiger partial charge in [-0.25, -0.2) is 9.50 Å². The number of hydrogen-bond acceptors (Lipinski definition) is 4. The van der Waals surface area contributed by atoms with Gasteiger partial charge in [0.05, 0.1) is 16.8 Å². The Morgan fingerprint density at radius 1 is 1.26 bits per heavy atom. The summed E-state index contributed by atoms with van der Waals surface area (Å²) < 4.78 is 39.4. The topological polar surface area (TPSA) is 72.2 Å². The quantitative estimate of drug-likeness (QED) is 0.788. The summed E-state index contributed by atoms with van der Waals surface area (Å²) in [5.74, 6) is -0.246. The zero-order chi connectivity index (χ0) is 16.6.